The van der Waals surface area contributed by atoms with Crippen LogP contribution >= 0.6 is 0 Å². The van der Waals surface area contributed by atoms with Gasteiger partial charge in [0.05, 0.1) is 17.9 Å². The molecule has 0 spiro atoms. The molecular weight excluding hydrogens is 368 g/mol. The largest absolute Gasteiger partial charge is 0.494 e. The van der Waals surface area contributed by atoms with Gasteiger partial charge in [-0.1, -0.05) is 24.3 Å². The lowest BCUT2D eigenvalue weighted by atomic mass is 10.2. The van der Waals surface area contributed by atoms with Crippen LogP contribution in [0.3, 0.4) is 0 Å². The molecule has 0 radical (unpaired) electrons. The van der Waals surface area contributed by atoms with Crippen LogP contribution in [0.4, 0.5) is 5.69 Å². The van der Waals surface area contributed by atoms with E-state index < -0.39 is 0 Å². The fraction of sp³-hybridized carbons (Fsp3) is 0.130. The lowest BCUT2D eigenvalue weighted by Gasteiger charge is -2.13. The molecular formula is C23H20N2O4. The van der Waals surface area contributed by atoms with Gasteiger partial charge in [0.2, 0.25) is 0 Å². The quantitative estimate of drug-likeness (QED) is 0.601. The first-order valence-corrected chi connectivity index (χ1v) is 9.11. The second-order valence-corrected chi connectivity index (χ2v) is 5.95. The molecule has 0 saturated carbocycles. The van der Waals surface area contributed by atoms with Crippen LogP contribution in [0, 0.1) is 11.3 Å². The molecule has 3 aromatic rings. The topological polar surface area (TPSA) is 80.6 Å². The Morgan fingerprint density at radius 2 is 1.55 bits per heavy atom. The average Bonchev–Trinajstić information content (AvgIpc) is 2.75. The first-order chi connectivity index (χ1) is 14.2. The van der Waals surface area contributed by atoms with Gasteiger partial charge in [-0.25, -0.2) is 0 Å². The zero-order valence-electron chi connectivity index (χ0n) is 15.9. The molecule has 0 saturated heterocycles. The van der Waals surface area contributed by atoms with Crippen molar-refractivity contribution >= 4 is 11.6 Å². The third kappa shape index (κ3) is 5.50. The number of anilines is 1. The van der Waals surface area contributed by atoms with Crippen molar-refractivity contribution in [2.75, 3.05) is 18.5 Å². The summed E-state index contributed by atoms with van der Waals surface area (Å²) in [6.07, 6.45) is 0. The predicted molar refractivity (Wildman–Crippen MR) is 109 cm³/mol. The Kier molecular flexibility index (Phi) is 6.69. The summed E-state index contributed by atoms with van der Waals surface area (Å²) < 4.78 is 16.8. The molecule has 3 aromatic carbocycles. The minimum atomic E-state index is -0.361. The number of carbonyl (C=O) groups excluding carboxylic acids is 1. The van der Waals surface area contributed by atoms with E-state index in [4.69, 9.17) is 19.5 Å². The highest BCUT2D eigenvalue weighted by Crippen LogP contribution is 2.30. The summed E-state index contributed by atoms with van der Waals surface area (Å²) >= 11 is 0. The minimum absolute atomic E-state index is 0.226. The van der Waals surface area contributed by atoms with Crippen molar-refractivity contribution in [3.8, 4) is 29.1 Å². The zero-order valence-corrected chi connectivity index (χ0v) is 15.9. The normalized spacial score (nSPS) is 9.93. The van der Waals surface area contributed by atoms with Crippen molar-refractivity contribution < 1.29 is 19.0 Å². The van der Waals surface area contributed by atoms with E-state index in [-0.39, 0.29) is 12.5 Å². The van der Waals surface area contributed by atoms with E-state index in [9.17, 15) is 4.79 Å². The van der Waals surface area contributed by atoms with Crippen molar-refractivity contribution in [3.05, 3.63) is 78.4 Å². The first kappa shape index (κ1) is 19.8. The van der Waals surface area contributed by atoms with E-state index in [1.165, 1.54) is 0 Å². The number of hydrogen-bond donors (Lipinski definition) is 1. The van der Waals surface area contributed by atoms with Gasteiger partial charge >= 0.3 is 0 Å². The van der Waals surface area contributed by atoms with E-state index >= 15 is 0 Å². The number of nitriles is 1. The number of amides is 1. The lowest BCUT2D eigenvalue weighted by molar-refractivity contribution is -0.118. The number of benzene rings is 3. The highest BCUT2D eigenvalue weighted by Gasteiger charge is 2.10. The summed E-state index contributed by atoms with van der Waals surface area (Å²) in [7, 11) is 0. The second kappa shape index (κ2) is 9.81. The SMILES string of the molecule is CCOc1ccc(Oc2ccccc2NC(=O)COc2ccccc2C#N)cc1. The van der Waals surface area contributed by atoms with Gasteiger partial charge in [0, 0.05) is 0 Å². The van der Waals surface area contributed by atoms with Gasteiger partial charge in [-0.3, -0.25) is 4.79 Å². The molecule has 0 fully saturated rings. The number of hydrogen-bond acceptors (Lipinski definition) is 5. The van der Waals surface area contributed by atoms with Crippen LogP contribution in [-0.4, -0.2) is 19.1 Å². The standard InChI is InChI=1S/C23H20N2O4/c1-2-27-18-11-13-19(14-12-18)29-22-10-6-4-8-20(22)25-23(26)16-28-21-9-5-3-7-17(21)15-24/h3-14H,2,16H2,1H3,(H,25,26). The molecule has 29 heavy (non-hydrogen) atoms. The van der Waals surface area contributed by atoms with E-state index in [2.05, 4.69) is 5.32 Å². The number of para-hydroxylation sites is 3. The van der Waals surface area contributed by atoms with Crippen molar-refractivity contribution in [2.45, 2.75) is 6.92 Å². The highest BCUT2D eigenvalue weighted by molar-refractivity contribution is 5.93. The second-order valence-electron chi connectivity index (χ2n) is 5.95. The Balaban J connectivity index is 1.64. The van der Waals surface area contributed by atoms with Gasteiger partial charge in [-0.15, -0.1) is 0 Å². The van der Waals surface area contributed by atoms with Crippen molar-refractivity contribution in [3.63, 3.8) is 0 Å². The molecule has 0 aliphatic heterocycles. The van der Waals surface area contributed by atoms with E-state index in [1.807, 2.05) is 31.2 Å². The molecule has 1 amide bonds. The lowest BCUT2D eigenvalue weighted by Crippen LogP contribution is -2.20. The Labute approximate surface area is 169 Å². The van der Waals surface area contributed by atoms with Gasteiger partial charge in [-0.2, -0.15) is 5.26 Å². The third-order valence-electron chi connectivity index (χ3n) is 3.89. The number of ether oxygens (including phenoxy) is 3. The smallest absolute Gasteiger partial charge is 0.262 e. The van der Waals surface area contributed by atoms with E-state index in [1.54, 1.807) is 54.6 Å². The van der Waals surface area contributed by atoms with Gasteiger partial charge < -0.3 is 19.5 Å². The predicted octanol–water partition coefficient (Wildman–Crippen LogP) is 4.77. The van der Waals surface area contributed by atoms with Gasteiger partial charge in [-0.05, 0) is 55.5 Å². The fourth-order valence-corrected chi connectivity index (χ4v) is 2.57. The van der Waals surface area contributed by atoms with Crippen LogP contribution in [0.25, 0.3) is 0 Å². The summed E-state index contributed by atoms with van der Waals surface area (Å²) in [4.78, 5) is 12.3. The summed E-state index contributed by atoms with van der Waals surface area (Å²) in [5, 5.41) is 11.9. The van der Waals surface area contributed by atoms with E-state index in [0.717, 1.165) is 5.75 Å². The maximum absolute atomic E-state index is 12.3. The highest BCUT2D eigenvalue weighted by atomic mass is 16.5. The Morgan fingerprint density at radius 1 is 0.897 bits per heavy atom. The van der Waals surface area contributed by atoms with Gasteiger partial charge in [0.1, 0.15) is 23.3 Å². The summed E-state index contributed by atoms with van der Waals surface area (Å²) in [6, 6.07) is 23.1. The molecule has 0 unspecified atom stereocenters. The number of carbonyl (C=O) groups is 1. The minimum Gasteiger partial charge on any atom is -0.494 e. The van der Waals surface area contributed by atoms with Crippen LogP contribution < -0.4 is 19.5 Å². The Bertz CT molecular complexity index is 1010. The van der Waals surface area contributed by atoms with Crippen molar-refractivity contribution in [1.82, 2.24) is 0 Å². The maximum atomic E-state index is 12.3. The van der Waals surface area contributed by atoms with Gasteiger partial charge in [0.25, 0.3) is 5.91 Å². The zero-order chi connectivity index (χ0) is 20.5. The fourth-order valence-electron chi connectivity index (χ4n) is 2.57. The average molecular weight is 388 g/mol. The van der Waals surface area contributed by atoms with Crippen LogP contribution in [0.5, 0.6) is 23.0 Å². The Hall–Kier alpha value is -3.98. The van der Waals surface area contributed by atoms with Crippen LogP contribution in [0.15, 0.2) is 72.8 Å². The summed E-state index contributed by atoms with van der Waals surface area (Å²) in [5.74, 6) is 1.89. The molecule has 0 bridgehead atoms. The Morgan fingerprint density at radius 3 is 2.28 bits per heavy atom. The van der Waals surface area contributed by atoms with Gasteiger partial charge in [0.15, 0.2) is 12.4 Å². The summed E-state index contributed by atoms with van der Waals surface area (Å²) in [5.41, 5.74) is 0.892. The molecule has 0 aromatic heterocycles. The van der Waals surface area contributed by atoms with Crippen molar-refractivity contribution in [1.29, 1.82) is 5.26 Å². The van der Waals surface area contributed by atoms with Crippen LogP contribution in [0.1, 0.15) is 12.5 Å². The molecule has 0 aliphatic carbocycles. The number of nitrogens with one attached hydrogen (secondary N) is 1. The molecule has 0 atom stereocenters. The molecule has 6 nitrogen and oxygen atoms in total. The molecule has 3 rings (SSSR count). The molecule has 6 heteroatoms. The van der Waals surface area contributed by atoms with Crippen LogP contribution in [0.2, 0.25) is 0 Å². The third-order valence-corrected chi connectivity index (χ3v) is 3.89. The molecule has 0 heterocycles. The maximum Gasteiger partial charge on any atom is 0.262 e. The number of rotatable bonds is 8. The molecule has 0 aliphatic rings. The monoisotopic (exact) mass is 388 g/mol. The van der Waals surface area contributed by atoms with E-state index in [0.29, 0.717) is 35.1 Å². The van der Waals surface area contributed by atoms with Crippen molar-refractivity contribution in [2.24, 2.45) is 0 Å². The molecule has 146 valence electrons. The number of nitrogens with zero attached hydrogens (tertiary/aromatic N) is 1. The summed E-state index contributed by atoms with van der Waals surface area (Å²) in [6.45, 7) is 2.29. The van der Waals surface area contributed by atoms with Crippen LogP contribution in [-0.2, 0) is 4.79 Å². The molecule has 1 N–H and O–H groups in total. The first-order valence-electron chi connectivity index (χ1n) is 9.11.